The van der Waals surface area contributed by atoms with Crippen LogP contribution in [-0.2, 0) is 17.9 Å². The van der Waals surface area contributed by atoms with E-state index in [4.69, 9.17) is 4.74 Å². The van der Waals surface area contributed by atoms with Gasteiger partial charge in [0.05, 0.1) is 13.7 Å². The predicted molar refractivity (Wildman–Crippen MR) is 127 cm³/mol. The van der Waals surface area contributed by atoms with Crippen molar-refractivity contribution in [3.05, 3.63) is 47.3 Å². The van der Waals surface area contributed by atoms with Crippen molar-refractivity contribution in [2.24, 2.45) is 0 Å². The molecule has 182 valence electrons. The molecule has 2 N–H and O–H groups in total. The maximum absolute atomic E-state index is 13.4. The summed E-state index contributed by atoms with van der Waals surface area (Å²) in [6, 6.07) is 9.07. The molecule has 0 saturated heterocycles. The van der Waals surface area contributed by atoms with Crippen molar-refractivity contribution in [3.63, 3.8) is 0 Å². The van der Waals surface area contributed by atoms with Crippen molar-refractivity contribution in [1.29, 1.82) is 0 Å². The fourth-order valence-electron chi connectivity index (χ4n) is 4.75. The van der Waals surface area contributed by atoms with E-state index < -0.39 is 5.54 Å². The topological polar surface area (TPSA) is 106 Å². The van der Waals surface area contributed by atoms with Crippen molar-refractivity contribution < 1.29 is 19.1 Å². The van der Waals surface area contributed by atoms with Gasteiger partial charge in [0.1, 0.15) is 17.0 Å². The molecule has 3 amide bonds. The molecule has 1 aliphatic heterocycles. The number of amides is 3. The molecule has 2 aliphatic rings. The van der Waals surface area contributed by atoms with Gasteiger partial charge < -0.3 is 20.3 Å². The molecule has 4 rings (SSSR count). The molecule has 9 nitrogen and oxygen atoms in total. The third-order valence-corrected chi connectivity index (χ3v) is 6.77. The van der Waals surface area contributed by atoms with Crippen molar-refractivity contribution in [3.8, 4) is 5.75 Å². The molecule has 1 saturated carbocycles. The van der Waals surface area contributed by atoms with Gasteiger partial charge in [0.15, 0.2) is 5.69 Å². The van der Waals surface area contributed by atoms with Crippen LogP contribution in [-0.4, -0.2) is 57.6 Å². The van der Waals surface area contributed by atoms with Crippen LogP contribution in [0.1, 0.15) is 72.5 Å². The monoisotopic (exact) mass is 467 g/mol. The lowest BCUT2D eigenvalue weighted by Gasteiger charge is -2.43. The van der Waals surface area contributed by atoms with Gasteiger partial charge in [-0.15, -0.1) is 0 Å². The van der Waals surface area contributed by atoms with Gasteiger partial charge in [-0.1, -0.05) is 31.9 Å². The van der Waals surface area contributed by atoms with Crippen molar-refractivity contribution in [1.82, 2.24) is 25.3 Å². The third kappa shape index (κ3) is 4.64. The van der Waals surface area contributed by atoms with Crippen LogP contribution in [0, 0.1) is 0 Å². The molecule has 1 aliphatic carbocycles. The second-order valence-corrected chi connectivity index (χ2v) is 9.29. The molecule has 0 unspecified atom stereocenters. The predicted octanol–water partition coefficient (Wildman–Crippen LogP) is 2.51. The lowest BCUT2D eigenvalue weighted by atomic mass is 9.94. The van der Waals surface area contributed by atoms with Crippen molar-refractivity contribution in [2.45, 2.75) is 70.6 Å². The number of methoxy groups -OCH3 is 1. The SMILES string of the molecule is CCCN1C(=O)c2cc(C(=O)NCc3ccc(OC)cc3)nn2C[C@@]1(C)C(=O)NC1CCCC1. The number of ether oxygens (including phenoxy) is 1. The van der Waals surface area contributed by atoms with Crippen LogP contribution in [0.4, 0.5) is 0 Å². The minimum absolute atomic E-state index is 0.154. The van der Waals surface area contributed by atoms with E-state index in [1.807, 2.05) is 31.2 Å². The summed E-state index contributed by atoms with van der Waals surface area (Å²) in [5.74, 6) is -0.0663. The fraction of sp³-hybridized carbons (Fsp3) is 0.520. The standard InChI is InChI=1S/C25H33N5O4/c1-4-13-29-23(32)21-14-20(22(31)26-15-17-9-11-19(34-3)12-10-17)28-30(21)16-25(29,2)24(33)27-18-7-5-6-8-18/h9-12,14,18H,4-8,13,15-16H2,1-3H3,(H,26,31)(H,27,33)/t25-/m0/s1. The Morgan fingerprint density at radius 2 is 1.91 bits per heavy atom. The van der Waals surface area contributed by atoms with Crippen molar-refractivity contribution >= 4 is 17.7 Å². The first kappa shape index (κ1) is 23.8. The number of rotatable bonds is 8. The number of hydrogen-bond donors (Lipinski definition) is 2. The molecule has 1 atom stereocenters. The Labute approximate surface area is 199 Å². The zero-order chi connectivity index (χ0) is 24.3. The first-order valence-corrected chi connectivity index (χ1v) is 12.0. The van der Waals surface area contributed by atoms with E-state index in [-0.39, 0.29) is 36.0 Å². The highest BCUT2D eigenvalue weighted by Crippen LogP contribution is 2.29. The van der Waals surface area contributed by atoms with Gasteiger partial charge in [-0.2, -0.15) is 5.10 Å². The molecule has 1 aromatic carbocycles. The van der Waals surface area contributed by atoms with Gasteiger partial charge in [-0.25, -0.2) is 0 Å². The molecule has 0 spiro atoms. The number of carbonyl (C=O) groups is 3. The smallest absolute Gasteiger partial charge is 0.273 e. The van der Waals surface area contributed by atoms with Gasteiger partial charge in [-0.05, 0) is 43.9 Å². The minimum atomic E-state index is -1.06. The van der Waals surface area contributed by atoms with E-state index in [1.165, 1.54) is 10.7 Å². The maximum Gasteiger partial charge on any atom is 0.273 e. The van der Waals surface area contributed by atoms with Gasteiger partial charge in [-0.3, -0.25) is 19.1 Å². The number of nitrogens with zero attached hydrogens (tertiary/aromatic N) is 3. The lowest BCUT2D eigenvalue weighted by molar-refractivity contribution is -0.133. The molecule has 0 radical (unpaired) electrons. The minimum Gasteiger partial charge on any atom is -0.497 e. The van der Waals surface area contributed by atoms with E-state index in [0.717, 1.165) is 43.4 Å². The Kier molecular flexibility index (Phi) is 6.90. The summed E-state index contributed by atoms with van der Waals surface area (Å²) in [5, 5.41) is 10.4. The molecule has 0 bridgehead atoms. The van der Waals surface area contributed by atoms with Crippen LogP contribution in [0.3, 0.4) is 0 Å². The number of fused-ring (bicyclic) bond motifs is 1. The molecule has 34 heavy (non-hydrogen) atoms. The van der Waals surface area contributed by atoms with E-state index in [1.54, 1.807) is 18.9 Å². The van der Waals surface area contributed by atoms with Crippen LogP contribution in [0.5, 0.6) is 5.75 Å². The zero-order valence-electron chi connectivity index (χ0n) is 20.1. The number of carbonyl (C=O) groups excluding carboxylic acids is 3. The van der Waals surface area contributed by atoms with Crippen LogP contribution in [0.2, 0.25) is 0 Å². The van der Waals surface area contributed by atoms with E-state index in [2.05, 4.69) is 15.7 Å². The highest BCUT2D eigenvalue weighted by Gasteiger charge is 2.48. The molecule has 1 fully saturated rings. The van der Waals surface area contributed by atoms with E-state index in [0.29, 0.717) is 18.8 Å². The van der Waals surface area contributed by atoms with Crippen LogP contribution in [0.15, 0.2) is 30.3 Å². The van der Waals surface area contributed by atoms with Gasteiger partial charge in [0.25, 0.3) is 11.8 Å². The molecular formula is C25H33N5O4. The summed E-state index contributed by atoms with van der Waals surface area (Å²) < 4.78 is 6.66. The molecule has 2 heterocycles. The molecule has 9 heteroatoms. The van der Waals surface area contributed by atoms with Crippen LogP contribution < -0.4 is 15.4 Å². The summed E-state index contributed by atoms with van der Waals surface area (Å²) in [6.07, 6.45) is 4.88. The Bertz CT molecular complexity index is 1060. The Balaban J connectivity index is 1.51. The van der Waals surface area contributed by atoms with Crippen LogP contribution >= 0.6 is 0 Å². The number of nitrogens with one attached hydrogen (secondary N) is 2. The van der Waals surface area contributed by atoms with Crippen LogP contribution in [0.25, 0.3) is 0 Å². The Morgan fingerprint density at radius 3 is 2.56 bits per heavy atom. The quantitative estimate of drug-likeness (QED) is 0.621. The zero-order valence-corrected chi connectivity index (χ0v) is 20.1. The highest BCUT2D eigenvalue weighted by atomic mass is 16.5. The van der Waals surface area contributed by atoms with Gasteiger partial charge in [0, 0.05) is 25.2 Å². The van der Waals surface area contributed by atoms with Gasteiger partial charge >= 0.3 is 0 Å². The Hall–Kier alpha value is -3.36. The first-order valence-electron chi connectivity index (χ1n) is 12.0. The molecular weight excluding hydrogens is 434 g/mol. The summed E-state index contributed by atoms with van der Waals surface area (Å²) in [7, 11) is 1.60. The summed E-state index contributed by atoms with van der Waals surface area (Å²) in [6.45, 7) is 4.75. The Morgan fingerprint density at radius 1 is 1.21 bits per heavy atom. The fourth-order valence-corrected chi connectivity index (χ4v) is 4.75. The largest absolute Gasteiger partial charge is 0.497 e. The first-order chi connectivity index (χ1) is 16.4. The van der Waals surface area contributed by atoms with Crippen molar-refractivity contribution in [2.75, 3.05) is 13.7 Å². The third-order valence-electron chi connectivity index (χ3n) is 6.77. The number of benzene rings is 1. The lowest BCUT2D eigenvalue weighted by Crippen LogP contribution is -2.65. The average Bonchev–Trinajstić information content (AvgIpc) is 3.50. The molecule has 1 aromatic heterocycles. The van der Waals surface area contributed by atoms with Gasteiger partial charge in [0.2, 0.25) is 5.91 Å². The average molecular weight is 468 g/mol. The second-order valence-electron chi connectivity index (χ2n) is 9.29. The summed E-state index contributed by atoms with van der Waals surface area (Å²) in [5.41, 5.74) is 0.341. The van der Waals surface area contributed by atoms with E-state index in [9.17, 15) is 14.4 Å². The summed E-state index contributed by atoms with van der Waals surface area (Å²) in [4.78, 5) is 41.1. The van der Waals surface area contributed by atoms with E-state index >= 15 is 0 Å². The number of hydrogen-bond acceptors (Lipinski definition) is 5. The second kappa shape index (κ2) is 9.87. The summed E-state index contributed by atoms with van der Waals surface area (Å²) >= 11 is 0. The number of aromatic nitrogens is 2. The normalized spacial score (nSPS) is 20.2. The molecule has 2 aromatic rings. The highest BCUT2D eigenvalue weighted by molar-refractivity contribution is 6.01. The maximum atomic E-state index is 13.4.